The molecule has 3 aromatic rings. The molecule has 13 heteroatoms. The molecule has 2 aromatic heterocycles. The molecule has 3 amide bonds. The molecule has 0 saturated carbocycles. The molecule has 3 heterocycles. The Morgan fingerprint density at radius 3 is 2.55 bits per heavy atom. The molecule has 1 N–H and O–H groups in total. The summed E-state index contributed by atoms with van der Waals surface area (Å²) in [7, 11) is 0. The van der Waals surface area contributed by atoms with Crippen LogP contribution >= 0.6 is 11.8 Å². The summed E-state index contributed by atoms with van der Waals surface area (Å²) in [4.78, 5) is 32.1. The van der Waals surface area contributed by atoms with Gasteiger partial charge < -0.3 is 4.90 Å². The van der Waals surface area contributed by atoms with Gasteiger partial charge in [0.15, 0.2) is 0 Å². The minimum atomic E-state index is -4.42. The third-order valence-electron chi connectivity index (χ3n) is 4.56. The second-order valence-corrected chi connectivity index (χ2v) is 7.72. The molecule has 1 aromatic carbocycles. The average molecular weight is 449 g/mol. The molecule has 1 aliphatic heterocycles. The van der Waals surface area contributed by atoms with Crippen LogP contribution in [-0.4, -0.2) is 54.0 Å². The number of urea groups is 1. The predicted octanol–water partition coefficient (Wildman–Crippen LogP) is 3.23. The molecule has 1 fully saturated rings. The number of imide groups is 1. The highest BCUT2D eigenvalue weighted by atomic mass is 32.2. The molecule has 0 aliphatic carbocycles. The van der Waals surface area contributed by atoms with Crippen LogP contribution in [0.1, 0.15) is 12.5 Å². The number of carbonyl (C=O) groups is 2. The lowest BCUT2D eigenvalue weighted by atomic mass is 10.2. The standard InChI is InChI=1S/C18H14F3N7O2S/c1-10-16(29)28(12-2-4-13(5-3-12)31-18(19,20)21)17(30)27(10)9-11-6-7-22-14(8-11)15-23-25-26-24-15/h2-8,10H,9H2,1H3,(H,23,24,25,26). The fourth-order valence-corrected chi connectivity index (χ4v) is 3.65. The van der Waals surface area contributed by atoms with Gasteiger partial charge in [-0.3, -0.25) is 9.78 Å². The van der Waals surface area contributed by atoms with E-state index in [1.165, 1.54) is 35.4 Å². The Kier molecular flexibility index (Phi) is 5.35. The number of benzene rings is 1. The van der Waals surface area contributed by atoms with Crippen molar-refractivity contribution >= 4 is 29.4 Å². The van der Waals surface area contributed by atoms with E-state index in [0.717, 1.165) is 4.90 Å². The summed E-state index contributed by atoms with van der Waals surface area (Å²) in [5.41, 5.74) is -3.07. The summed E-state index contributed by atoms with van der Waals surface area (Å²) >= 11 is -0.265. The number of nitrogens with one attached hydrogen (secondary N) is 1. The third-order valence-corrected chi connectivity index (χ3v) is 5.30. The number of aromatic nitrogens is 5. The van der Waals surface area contributed by atoms with Crippen LogP contribution < -0.4 is 4.90 Å². The van der Waals surface area contributed by atoms with E-state index in [9.17, 15) is 22.8 Å². The van der Waals surface area contributed by atoms with E-state index in [2.05, 4.69) is 25.6 Å². The van der Waals surface area contributed by atoms with Crippen LogP contribution in [0.15, 0.2) is 47.5 Å². The maximum absolute atomic E-state index is 12.9. The number of carbonyl (C=O) groups excluding carboxylic acids is 2. The normalized spacial score (nSPS) is 17.0. The molecule has 9 nitrogen and oxygen atoms in total. The number of tetrazole rings is 1. The van der Waals surface area contributed by atoms with Gasteiger partial charge in [0.25, 0.3) is 5.91 Å². The molecule has 1 unspecified atom stereocenters. The molecule has 1 aliphatic rings. The minimum absolute atomic E-state index is 0.0361. The van der Waals surface area contributed by atoms with Crippen molar-refractivity contribution in [3.05, 3.63) is 48.2 Å². The summed E-state index contributed by atoms with van der Waals surface area (Å²) in [6.07, 6.45) is 1.53. The number of pyridine rings is 1. The number of hydrogen-bond acceptors (Lipinski definition) is 7. The number of halogens is 3. The molecule has 0 radical (unpaired) electrons. The Morgan fingerprint density at radius 2 is 1.90 bits per heavy atom. The van der Waals surface area contributed by atoms with Crippen molar-refractivity contribution in [2.75, 3.05) is 4.90 Å². The van der Waals surface area contributed by atoms with Crippen molar-refractivity contribution in [3.8, 4) is 11.5 Å². The van der Waals surface area contributed by atoms with Gasteiger partial charge in [0.2, 0.25) is 5.82 Å². The smallest absolute Gasteiger partial charge is 0.308 e. The van der Waals surface area contributed by atoms with Crippen LogP contribution in [0.25, 0.3) is 11.5 Å². The number of nitrogens with zero attached hydrogens (tertiary/aromatic N) is 6. The van der Waals surface area contributed by atoms with Crippen molar-refractivity contribution < 1.29 is 22.8 Å². The molecule has 4 rings (SSSR count). The van der Waals surface area contributed by atoms with Crippen LogP contribution in [-0.2, 0) is 11.3 Å². The number of anilines is 1. The van der Waals surface area contributed by atoms with Gasteiger partial charge in [-0.15, -0.1) is 10.2 Å². The molecule has 160 valence electrons. The lowest BCUT2D eigenvalue weighted by Gasteiger charge is -2.19. The zero-order valence-electron chi connectivity index (χ0n) is 15.9. The van der Waals surface area contributed by atoms with Crippen molar-refractivity contribution in [1.82, 2.24) is 30.5 Å². The monoisotopic (exact) mass is 449 g/mol. The second kappa shape index (κ2) is 7.98. The summed E-state index contributed by atoms with van der Waals surface area (Å²) in [6, 6.07) is 7.15. The van der Waals surface area contributed by atoms with E-state index in [1.54, 1.807) is 19.1 Å². The van der Waals surface area contributed by atoms with Gasteiger partial charge in [0.1, 0.15) is 11.7 Å². The third kappa shape index (κ3) is 4.35. The molecule has 31 heavy (non-hydrogen) atoms. The van der Waals surface area contributed by atoms with Gasteiger partial charge in [-0.2, -0.15) is 18.4 Å². The number of amides is 3. The first-order valence-electron chi connectivity index (χ1n) is 8.92. The zero-order chi connectivity index (χ0) is 22.2. The highest BCUT2D eigenvalue weighted by molar-refractivity contribution is 8.00. The van der Waals surface area contributed by atoms with Gasteiger partial charge in [0, 0.05) is 17.6 Å². The van der Waals surface area contributed by atoms with Gasteiger partial charge in [0.05, 0.1) is 5.69 Å². The molecule has 0 spiro atoms. The van der Waals surface area contributed by atoms with Crippen LogP contribution in [0.3, 0.4) is 0 Å². The highest BCUT2D eigenvalue weighted by Gasteiger charge is 2.43. The quantitative estimate of drug-likeness (QED) is 0.471. The lowest BCUT2D eigenvalue weighted by Crippen LogP contribution is -2.33. The Balaban J connectivity index is 1.53. The SMILES string of the molecule is CC1C(=O)N(c2ccc(SC(F)(F)F)cc2)C(=O)N1Cc1ccnc(-c2nn[nH]n2)c1. The first-order chi connectivity index (χ1) is 14.7. The maximum Gasteiger partial charge on any atom is 0.446 e. The molecular formula is C18H14F3N7O2S. The van der Waals surface area contributed by atoms with Crippen LogP contribution in [0.5, 0.6) is 0 Å². The number of thioether (sulfide) groups is 1. The van der Waals surface area contributed by atoms with Crippen LogP contribution in [0.2, 0.25) is 0 Å². The first kappa shape index (κ1) is 20.8. The van der Waals surface area contributed by atoms with Crippen molar-refractivity contribution in [2.45, 2.75) is 29.9 Å². The van der Waals surface area contributed by atoms with Crippen molar-refractivity contribution in [1.29, 1.82) is 0 Å². The highest BCUT2D eigenvalue weighted by Crippen LogP contribution is 2.38. The number of hydrogen-bond donors (Lipinski definition) is 1. The molecule has 1 saturated heterocycles. The second-order valence-electron chi connectivity index (χ2n) is 6.59. The Labute approximate surface area is 177 Å². The van der Waals surface area contributed by atoms with Crippen molar-refractivity contribution in [3.63, 3.8) is 0 Å². The van der Waals surface area contributed by atoms with Crippen molar-refractivity contribution in [2.24, 2.45) is 0 Å². The van der Waals surface area contributed by atoms with E-state index >= 15 is 0 Å². The number of alkyl halides is 3. The van der Waals surface area contributed by atoms with E-state index in [1.807, 2.05) is 0 Å². The van der Waals surface area contributed by atoms with Crippen LogP contribution in [0.4, 0.5) is 23.7 Å². The first-order valence-corrected chi connectivity index (χ1v) is 9.74. The number of H-pyrrole nitrogens is 1. The zero-order valence-corrected chi connectivity index (χ0v) is 16.7. The summed E-state index contributed by atoms with van der Waals surface area (Å²) in [6.45, 7) is 1.72. The van der Waals surface area contributed by atoms with Gasteiger partial charge in [-0.25, -0.2) is 9.69 Å². The van der Waals surface area contributed by atoms with E-state index in [0.29, 0.717) is 11.3 Å². The maximum atomic E-state index is 12.9. The minimum Gasteiger partial charge on any atom is -0.308 e. The summed E-state index contributed by atoms with van der Waals surface area (Å²) < 4.78 is 37.5. The largest absolute Gasteiger partial charge is 0.446 e. The van der Waals surface area contributed by atoms with Crippen LogP contribution in [0, 0.1) is 0 Å². The lowest BCUT2D eigenvalue weighted by molar-refractivity contribution is -0.119. The molecule has 1 atom stereocenters. The fraction of sp³-hybridized carbons (Fsp3) is 0.222. The Bertz CT molecular complexity index is 1110. The number of rotatable bonds is 5. The topological polar surface area (TPSA) is 108 Å². The van der Waals surface area contributed by atoms with Gasteiger partial charge >= 0.3 is 11.5 Å². The number of aromatic amines is 1. The molecule has 0 bridgehead atoms. The Morgan fingerprint density at radius 1 is 1.16 bits per heavy atom. The average Bonchev–Trinajstić information content (AvgIpc) is 3.32. The van der Waals surface area contributed by atoms with Gasteiger partial charge in [-0.05, 0) is 65.9 Å². The van der Waals surface area contributed by atoms with E-state index < -0.39 is 23.5 Å². The summed E-state index contributed by atoms with van der Waals surface area (Å²) in [5, 5.41) is 13.5. The Hall–Kier alpha value is -3.48. The van der Waals surface area contributed by atoms with E-state index in [4.69, 9.17) is 0 Å². The van der Waals surface area contributed by atoms with Gasteiger partial charge in [-0.1, -0.05) is 0 Å². The fourth-order valence-electron chi connectivity index (χ4n) is 3.11. The summed E-state index contributed by atoms with van der Waals surface area (Å²) in [5.74, 6) is -0.175. The van der Waals surface area contributed by atoms with E-state index in [-0.39, 0.29) is 34.7 Å². The predicted molar refractivity (Wildman–Crippen MR) is 104 cm³/mol. The molecular weight excluding hydrogens is 435 g/mol.